The first kappa shape index (κ1) is 27.5. The van der Waals surface area contributed by atoms with E-state index in [1.807, 2.05) is 0 Å². The SMILES string of the molecule is CNCCOc1ccc(C(F)(F)F)cc1NC(=O)CCc1ccc(Oc2ccnc(C(=O)NC)c2)cc1. The van der Waals surface area contributed by atoms with Crippen LogP contribution in [0.25, 0.3) is 0 Å². The number of hydrogen-bond acceptors (Lipinski definition) is 6. The van der Waals surface area contributed by atoms with Crippen LogP contribution in [0.15, 0.2) is 60.8 Å². The van der Waals surface area contributed by atoms with Crippen molar-refractivity contribution >= 4 is 17.5 Å². The molecular weight excluding hydrogens is 489 g/mol. The Balaban J connectivity index is 1.60. The van der Waals surface area contributed by atoms with Gasteiger partial charge in [-0.3, -0.25) is 14.6 Å². The highest BCUT2D eigenvalue weighted by atomic mass is 19.4. The predicted molar refractivity (Wildman–Crippen MR) is 132 cm³/mol. The number of nitrogens with zero attached hydrogens (tertiary/aromatic N) is 1. The van der Waals surface area contributed by atoms with Crippen molar-refractivity contribution in [2.45, 2.75) is 19.0 Å². The number of benzene rings is 2. The molecule has 196 valence electrons. The third-order valence-corrected chi connectivity index (χ3v) is 5.18. The Morgan fingerprint density at radius 2 is 1.73 bits per heavy atom. The quantitative estimate of drug-likeness (QED) is 0.326. The zero-order chi connectivity index (χ0) is 26.8. The smallest absolute Gasteiger partial charge is 0.416 e. The van der Waals surface area contributed by atoms with Crippen LogP contribution in [-0.2, 0) is 17.4 Å². The number of rotatable bonds is 11. The number of anilines is 1. The summed E-state index contributed by atoms with van der Waals surface area (Å²) in [5.74, 6) is 0.343. The molecule has 0 unspecified atom stereocenters. The highest BCUT2D eigenvalue weighted by Crippen LogP contribution is 2.35. The van der Waals surface area contributed by atoms with Gasteiger partial charge < -0.3 is 25.4 Å². The summed E-state index contributed by atoms with van der Waals surface area (Å²) >= 11 is 0. The first-order chi connectivity index (χ1) is 17.7. The highest BCUT2D eigenvalue weighted by Gasteiger charge is 2.31. The van der Waals surface area contributed by atoms with E-state index in [1.165, 1.54) is 25.4 Å². The van der Waals surface area contributed by atoms with Crippen LogP contribution in [0, 0.1) is 0 Å². The molecule has 3 aromatic rings. The van der Waals surface area contributed by atoms with Crippen molar-refractivity contribution in [3.05, 3.63) is 77.6 Å². The molecule has 0 saturated heterocycles. The largest absolute Gasteiger partial charge is 0.490 e. The van der Waals surface area contributed by atoms with E-state index in [0.717, 1.165) is 17.7 Å². The van der Waals surface area contributed by atoms with Crippen LogP contribution in [-0.4, -0.2) is 44.0 Å². The lowest BCUT2D eigenvalue weighted by atomic mass is 10.1. The van der Waals surface area contributed by atoms with E-state index in [-0.39, 0.29) is 36.1 Å². The molecule has 1 heterocycles. The van der Waals surface area contributed by atoms with Crippen LogP contribution in [0.3, 0.4) is 0 Å². The molecule has 8 nitrogen and oxygen atoms in total. The van der Waals surface area contributed by atoms with E-state index in [1.54, 1.807) is 37.4 Å². The summed E-state index contributed by atoms with van der Waals surface area (Å²) in [6, 6.07) is 13.1. The van der Waals surface area contributed by atoms with E-state index in [4.69, 9.17) is 9.47 Å². The number of nitrogens with one attached hydrogen (secondary N) is 3. The molecule has 2 aromatic carbocycles. The van der Waals surface area contributed by atoms with Gasteiger partial charge >= 0.3 is 6.18 Å². The summed E-state index contributed by atoms with van der Waals surface area (Å²) in [5.41, 5.74) is 0.140. The molecule has 1 aromatic heterocycles. The minimum Gasteiger partial charge on any atom is -0.490 e. The van der Waals surface area contributed by atoms with Crippen molar-refractivity contribution in [3.8, 4) is 17.2 Å². The van der Waals surface area contributed by atoms with Crippen LogP contribution >= 0.6 is 0 Å². The molecule has 0 aliphatic rings. The van der Waals surface area contributed by atoms with E-state index < -0.39 is 17.6 Å². The molecule has 0 spiro atoms. The molecule has 0 saturated carbocycles. The Kier molecular flexibility index (Phi) is 9.45. The number of hydrogen-bond donors (Lipinski definition) is 3. The standard InChI is InChI=1S/C26H27F3N4O4/c1-30-13-14-36-23-9-6-18(26(27,28)29)15-21(23)33-24(34)10-5-17-3-7-19(8-4-17)37-20-11-12-32-22(16-20)25(35)31-2/h3-4,6-9,11-12,15-16,30H,5,10,13-14H2,1-2H3,(H,31,35)(H,33,34). The Morgan fingerprint density at radius 3 is 2.41 bits per heavy atom. The summed E-state index contributed by atoms with van der Waals surface area (Å²) in [6.07, 6.45) is -2.68. The average molecular weight is 517 g/mol. The molecular formula is C26H27F3N4O4. The number of carbonyl (C=O) groups excluding carboxylic acids is 2. The zero-order valence-corrected chi connectivity index (χ0v) is 20.3. The van der Waals surface area contributed by atoms with Crippen LogP contribution in [0.5, 0.6) is 17.2 Å². The number of amides is 2. The number of aromatic nitrogens is 1. The van der Waals surface area contributed by atoms with Crippen molar-refractivity contribution in [1.29, 1.82) is 0 Å². The van der Waals surface area contributed by atoms with Gasteiger partial charge in [-0.1, -0.05) is 12.1 Å². The molecule has 3 N–H and O–H groups in total. The van der Waals surface area contributed by atoms with Gasteiger partial charge in [0.15, 0.2) is 0 Å². The molecule has 0 radical (unpaired) electrons. The topological polar surface area (TPSA) is 102 Å². The van der Waals surface area contributed by atoms with Gasteiger partial charge in [-0.15, -0.1) is 0 Å². The number of carbonyl (C=O) groups is 2. The molecule has 37 heavy (non-hydrogen) atoms. The molecule has 11 heteroatoms. The molecule has 0 aliphatic heterocycles. The van der Waals surface area contributed by atoms with Crippen LogP contribution in [0.2, 0.25) is 0 Å². The Hall–Kier alpha value is -4.12. The lowest BCUT2D eigenvalue weighted by molar-refractivity contribution is -0.137. The van der Waals surface area contributed by atoms with Gasteiger partial charge in [-0.25, -0.2) is 0 Å². The van der Waals surface area contributed by atoms with Crippen LogP contribution < -0.4 is 25.4 Å². The fourth-order valence-corrected chi connectivity index (χ4v) is 3.25. The van der Waals surface area contributed by atoms with Crippen molar-refractivity contribution in [1.82, 2.24) is 15.6 Å². The normalized spacial score (nSPS) is 11.1. The first-order valence-corrected chi connectivity index (χ1v) is 11.4. The van der Waals surface area contributed by atoms with Crippen molar-refractivity contribution < 1.29 is 32.2 Å². The average Bonchev–Trinajstić information content (AvgIpc) is 2.88. The number of likely N-dealkylation sites (N-methyl/N-ethyl adjacent to an activating group) is 1. The summed E-state index contributed by atoms with van der Waals surface area (Å²) in [6.45, 7) is 0.719. The molecule has 0 fully saturated rings. The summed E-state index contributed by atoms with van der Waals surface area (Å²) in [4.78, 5) is 28.2. The van der Waals surface area contributed by atoms with E-state index in [9.17, 15) is 22.8 Å². The predicted octanol–water partition coefficient (Wildman–Crippen LogP) is 4.42. The van der Waals surface area contributed by atoms with Crippen LogP contribution in [0.1, 0.15) is 28.0 Å². The lowest BCUT2D eigenvalue weighted by Crippen LogP contribution is -2.18. The van der Waals surface area contributed by atoms with Crippen molar-refractivity contribution in [3.63, 3.8) is 0 Å². The molecule has 0 bridgehead atoms. The zero-order valence-electron chi connectivity index (χ0n) is 20.3. The summed E-state index contributed by atoms with van der Waals surface area (Å²) < 4.78 is 50.7. The second kappa shape index (κ2) is 12.7. The number of halogens is 3. The minimum absolute atomic E-state index is 0.0341. The van der Waals surface area contributed by atoms with Crippen molar-refractivity contribution in [2.24, 2.45) is 0 Å². The van der Waals surface area contributed by atoms with E-state index >= 15 is 0 Å². The Bertz CT molecular complexity index is 1220. The molecule has 0 aliphatic carbocycles. The van der Waals surface area contributed by atoms with Gasteiger partial charge in [0.05, 0.1) is 11.3 Å². The summed E-state index contributed by atoms with van der Waals surface area (Å²) in [5, 5.41) is 7.91. The van der Waals surface area contributed by atoms with Crippen molar-refractivity contribution in [2.75, 3.05) is 32.6 Å². The fraction of sp³-hybridized carbons (Fsp3) is 0.269. The maximum Gasteiger partial charge on any atom is 0.416 e. The fourth-order valence-electron chi connectivity index (χ4n) is 3.25. The highest BCUT2D eigenvalue weighted by molar-refractivity contribution is 5.93. The molecule has 2 amide bonds. The van der Waals surface area contributed by atoms with Gasteiger partial charge in [0.2, 0.25) is 5.91 Å². The maximum absolute atomic E-state index is 13.2. The Labute approximate surface area is 212 Å². The number of ether oxygens (including phenoxy) is 2. The number of pyridine rings is 1. The van der Waals surface area contributed by atoms with E-state index in [0.29, 0.717) is 24.5 Å². The number of aryl methyl sites for hydroxylation is 1. The molecule has 0 atom stereocenters. The monoisotopic (exact) mass is 516 g/mol. The van der Waals surface area contributed by atoms with Gasteiger partial charge in [-0.05, 0) is 55.4 Å². The van der Waals surface area contributed by atoms with Gasteiger partial charge in [-0.2, -0.15) is 13.2 Å². The number of alkyl halides is 3. The van der Waals surface area contributed by atoms with Gasteiger partial charge in [0, 0.05) is 32.3 Å². The van der Waals surface area contributed by atoms with Gasteiger partial charge in [0.1, 0.15) is 29.5 Å². The third-order valence-electron chi connectivity index (χ3n) is 5.18. The second-order valence-electron chi connectivity index (χ2n) is 7.91. The molecule has 3 rings (SSSR count). The second-order valence-corrected chi connectivity index (χ2v) is 7.91. The first-order valence-electron chi connectivity index (χ1n) is 11.4. The summed E-state index contributed by atoms with van der Waals surface area (Å²) in [7, 11) is 3.23. The third kappa shape index (κ3) is 8.21. The van der Waals surface area contributed by atoms with E-state index in [2.05, 4.69) is 20.9 Å². The minimum atomic E-state index is -4.55. The Morgan fingerprint density at radius 1 is 0.973 bits per heavy atom. The maximum atomic E-state index is 13.2. The lowest BCUT2D eigenvalue weighted by Gasteiger charge is -2.15. The van der Waals surface area contributed by atoms with Gasteiger partial charge in [0.25, 0.3) is 5.91 Å². The van der Waals surface area contributed by atoms with Crippen LogP contribution in [0.4, 0.5) is 18.9 Å².